The number of amides is 2. The smallest absolute Gasteiger partial charge is 0.240 e. The van der Waals surface area contributed by atoms with Crippen molar-refractivity contribution in [2.45, 2.75) is 45.2 Å². The Bertz CT molecular complexity index is 369. The molecule has 2 amide bonds. The monoisotopic (exact) mass is 297 g/mol. The van der Waals surface area contributed by atoms with Crippen molar-refractivity contribution < 1.29 is 14.3 Å². The number of nitrogens with one attached hydrogen (secondary N) is 1. The molecule has 120 valence electrons. The van der Waals surface area contributed by atoms with E-state index < -0.39 is 0 Å². The summed E-state index contributed by atoms with van der Waals surface area (Å²) in [6.07, 6.45) is 2.69. The molecule has 0 saturated carbocycles. The van der Waals surface area contributed by atoms with Crippen LogP contribution in [0.4, 0.5) is 0 Å². The van der Waals surface area contributed by atoms with E-state index in [4.69, 9.17) is 4.74 Å². The van der Waals surface area contributed by atoms with E-state index in [2.05, 4.69) is 5.32 Å². The topological polar surface area (TPSA) is 61.9 Å². The van der Waals surface area contributed by atoms with Gasteiger partial charge in [-0.1, -0.05) is 6.92 Å². The van der Waals surface area contributed by atoms with Crippen molar-refractivity contribution in [2.75, 3.05) is 39.4 Å². The zero-order chi connectivity index (χ0) is 15.2. The molecule has 6 heteroatoms. The zero-order valence-electron chi connectivity index (χ0n) is 13.1. The number of ether oxygens (including phenoxy) is 1. The highest BCUT2D eigenvalue weighted by Gasteiger charge is 2.39. The predicted octanol–water partition coefficient (Wildman–Crippen LogP) is 0.224. The van der Waals surface area contributed by atoms with Crippen molar-refractivity contribution in [2.24, 2.45) is 0 Å². The fraction of sp³-hybridized carbons (Fsp3) is 0.867. The molecule has 1 atom stereocenters. The summed E-state index contributed by atoms with van der Waals surface area (Å²) < 4.78 is 5.37. The molecule has 2 heterocycles. The van der Waals surface area contributed by atoms with E-state index in [9.17, 15) is 9.59 Å². The number of hydrogen-bond donors (Lipinski definition) is 1. The first-order valence-electron chi connectivity index (χ1n) is 8.06. The third-order valence-electron chi connectivity index (χ3n) is 4.41. The van der Waals surface area contributed by atoms with Crippen molar-refractivity contribution in [3.8, 4) is 0 Å². The van der Waals surface area contributed by atoms with Crippen LogP contribution < -0.4 is 5.32 Å². The van der Waals surface area contributed by atoms with Gasteiger partial charge in [0.1, 0.15) is 0 Å². The summed E-state index contributed by atoms with van der Waals surface area (Å²) in [5.41, 5.74) is 0. The summed E-state index contributed by atoms with van der Waals surface area (Å²) in [5.74, 6) is 0.185. The number of likely N-dealkylation sites (N-methyl/N-ethyl adjacent to an activating group) is 2. The maximum absolute atomic E-state index is 12.7. The van der Waals surface area contributed by atoms with Crippen molar-refractivity contribution in [1.29, 1.82) is 0 Å². The van der Waals surface area contributed by atoms with E-state index in [-0.39, 0.29) is 17.9 Å². The maximum atomic E-state index is 12.7. The van der Waals surface area contributed by atoms with E-state index in [1.54, 1.807) is 0 Å². The fourth-order valence-electron chi connectivity index (χ4n) is 3.26. The number of rotatable bonds is 6. The van der Waals surface area contributed by atoms with Crippen LogP contribution in [0.5, 0.6) is 0 Å². The normalized spacial score (nSPS) is 23.9. The molecule has 0 aromatic heterocycles. The molecule has 2 aliphatic heterocycles. The molecule has 0 radical (unpaired) electrons. The Balaban J connectivity index is 1.93. The van der Waals surface area contributed by atoms with E-state index in [0.29, 0.717) is 19.1 Å². The maximum Gasteiger partial charge on any atom is 0.240 e. The summed E-state index contributed by atoms with van der Waals surface area (Å²) in [4.78, 5) is 28.4. The quantitative estimate of drug-likeness (QED) is 0.762. The van der Waals surface area contributed by atoms with Gasteiger partial charge in [0, 0.05) is 32.3 Å². The highest BCUT2D eigenvalue weighted by atomic mass is 16.5. The summed E-state index contributed by atoms with van der Waals surface area (Å²) in [7, 11) is 0. The summed E-state index contributed by atoms with van der Waals surface area (Å²) in [5, 5.41) is 2.80. The first-order chi connectivity index (χ1) is 10.2. The number of likely N-dealkylation sites (tertiary alicyclic amines) is 1. The molecule has 0 aromatic carbocycles. The number of carbonyl (C=O) groups is 2. The lowest BCUT2D eigenvalue weighted by Crippen LogP contribution is -2.48. The summed E-state index contributed by atoms with van der Waals surface area (Å²) >= 11 is 0. The SMILES string of the molecule is CCNC(=O)CN(CC)C1CCN(C2CCOCC2)C1=O. The number of nitrogens with zero attached hydrogens (tertiary/aromatic N) is 2. The molecule has 0 spiro atoms. The minimum Gasteiger partial charge on any atom is -0.381 e. The molecular weight excluding hydrogens is 270 g/mol. The molecular formula is C15H27N3O3. The van der Waals surface area contributed by atoms with Gasteiger partial charge in [0.15, 0.2) is 0 Å². The molecule has 2 rings (SSSR count). The van der Waals surface area contributed by atoms with Gasteiger partial charge < -0.3 is 15.0 Å². The molecule has 2 saturated heterocycles. The zero-order valence-corrected chi connectivity index (χ0v) is 13.1. The molecule has 21 heavy (non-hydrogen) atoms. The van der Waals surface area contributed by atoms with Crippen LogP contribution in [0, 0.1) is 0 Å². The average Bonchev–Trinajstić information content (AvgIpc) is 2.88. The van der Waals surface area contributed by atoms with Gasteiger partial charge in [-0.25, -0.2) is 0 Å². The third kappa shape index (κ3) is 3.95. The average molecular weight is 297 g/mol. The molecule has 6 nitrogen and oxygen atoms in total. The second-order valence-corrected chi connectivity index (χ2v) is 5.70. The van der Waals surface area contributed by atoms with Crippen LogP contribution >= 0.6 is 0 Å². The minimum absolute atomic E-state index is 0.00309. The third-order valence-corrected chi connectivity index (χ3v) is 4.41. The van der Waals surface area contributed by atoms with Gasteiger partial charge in [-0.15, -0.1) is 0 Å². The van der Waals surface area contributed by atoms with E-state index in [0.717, 1.165) is 45.6 Å². The van der Waals surface area contributed by atoms with Crippen molar-refractivity contribution in [3.63, 3.8) is 0 Å². The Morgan fingerprint density at radius 2 is 2.05 bits per heavy atom. The largest absolute Gasteiger partial charge is 0.381 e. The van der Waals surface area contributed by atoms with Crippen LogP contribution in [0.15, 0.2) is 0 Å². The fourth-order valence-corrected chi connectivity index (χ4v) is 3.26. The van der Waals surface area contributed by atoms with Crippen molar-refractivity contribution >= 4 is 11.8 Å². The second-order valence-electron chi connectivity index (χ2n) is 5.70. The lowest BCUT2D eigenvalue weighted by atomic mass is 10.1. The van der Waals surface area contributed by atoms with Crippen LogP contribution in [0.2, 0.25) is 0 Å². The minimum atomic E-state index is -0.138. The van der Waals surface area contributed by atoms with Crippen LogP contribution in [0.3, 0.4) is 0 Å². The number of carbonyl (C=O) groups excluding carboxylic acids is 2. The van der Waals surface area contributed by atoms with E-state index >= 15 is 0 Å². The number of hydrogen-bond acceptors (Lipinski definition) is 4. The molecule has 1 N–H and O–H groups in total. The highest BCUT2D eigenvalue weighted by molar-refractivity contribution is 5.85. The predicted molar refractivity (Wildman–Crippen MR) is 79.9 cm³/mol. The standard InChI is InChI=1S/C15H27N3O3/c1-3-16-14(19)11-17(4-2)13-5-8-18(15(13)20)12-6-9-21-10-7-12/h12-13H,3-11H2,1-2H3,(H,16,19). The van der Waals surface area contributed by atoms with Gasteiger partial charge in [0.25, 0.3) is 0 Å². The van der Waals surface area contributed by atoms with Crippen molar-refractivity contribution in [1.82, 2.24) is 15.1 Å². The Labute approximate surface area is 126 Å². The Morgan fingerprint density at radius 3 is 2.67 bits per heavy atom. The summed E-state index contributed by atoms with van der Waals surface area (Å²) in [6.45, 7) is 7.86. The molecule has 0 bridgehead atoms. The van der Waals surface area contributed by atoms with Gasteiger partial charge in [0.05, 0.1) is 12.6 Å². The Morgan fingerprint density at radius 1 is 1.33 bits per heavy atom. The molecule has 2 fully saturated rings. The first-order valence-corrected chi connectivity index (χ1v) is 8.06. The van der Waals surface area contributed by atoms with Crippen LogP contribution in [0.1, 0.15) is 33.1 Å². The highest BCUT2D eigenvalue weighted by Crippen LogP contribution is 2.24. The van der Waals surface area contributed by atoms with Gasteiger partial charge in [-0.3, -0.25) is 14.5 Å². The van der Waals surface area contributed by atoms with Crippen LogP contribution in [-0.4, -0.2) is 73.1 Å². The van der Waals surface area contributed by atoms with Gasteiger partial charge >= 0.3 is 0 Å². The summed E-state index contributed by atoms with van der Waals surface area (Å²) in [6, 6.07) is 0.180. The molecule has 2 aliphatic rings. The molecule has 0 aromatic rings. The van der Waals surface area contributed by atoms with E-state index in [1.165, 1.54) is 0 Å². The lowest BCUT2D eigenvalue weighted by Gasteiger charge is -2.32. The first kappa shape index (κ1) is 16.2. The van der Waals surface area contributed by atoms with Crippen LogP contribution in [0.25, 0.3) is 0 Å². The molecule has 1 unspecified atom stereocenters. The Hall–Kier alpha value is -1.14. The molecule has 0 aliphatic carbocycles. The lowest BCUT2D eigenvalue weighted by molar-refractivity contribution is -0.136. The van der Waals surface area contributed by atoms with E-state index in [1.807, 2.05) is 23.6 Å². The van der Waals surface area contributed by atoms with Gasteiger partial charge in [-0.05, 0) is 32.7 Å². The second kappa shape index (κ2) is 7.75. The Kier molecular flexibility index (Phi) is 5.99. The van der Waals surface area contributed by atoms with Gasteiger partial charge in [0.2, 0.25) is 11.8 Å². The van der Waals surface area contributed by atoms with Crippen molar-refractivity contribution in [3.05, 3.63) is 0 Å². The van der Waals surface area contributed by atoms with Crippen LogP contribution in [-0.2, 0) is 14.3 Å². The van der Waals surface area contributed by atoms with Gasteiger partial charge in [-0.2, -0.15) is 0 Å².